The van der Waals surface area contributed by atoms with Gasteiger partial charge in [-0.15, -0.1) is 0 Å². The Bertz CT molecular complexity index is 913. The lowest BCUT2D eigenvalue weighted by molar-refractivity contribution is -0.123. The van der Waals surface area contributed by atoms with E-state index >= 15 is 0 Å². The van der Waals surface area contributed by atoms with E-state index in [0.29, 0.717) is 25.7 Å². The molecule has 0 saturated heterocycles. The van der Waals surface area contributed by atoms with Crippen LogP contribution in [0, 0.1) is 0 Å². The molecule has 168 valence electrons. The number of pyridine rings is 1. The van der Waals surface area contributed by atoms with Crippen LogP contribution in [-0.4, -0.2) is 30.7 Å². The summed E-state index contributed by atoms with van der Waals surface area (Å²) in [6, 6.07) is 10.9. The minimum Gasteiger partial charge on any atom is -0.481 e. The predicted octanol–water partition coefficient (Wildman–Crippen LogP) is 4.59. The fourth-order valence-electron chi connectivity index (χ4n) is 4.24. The van der Waals surface area contributed by atoms with Gasteiger partial charge in [0.2, 0.25) is 17.7 Å². The molecule has 0 unspecified atom stereocenters. The highest BCUT2D eigenvalue weighted by Gasteiger charge is 2.44. The van der Waals surface area contributed by atoms with Gasteiger partial charge in [-0.2, -0.15) is 13.8 Å². The van der Waals surface area contributed by atoms with Crippen LogP contribution in [-0.2, 0) is 10.2 Å². The SMILES string of the molecule is COc1ccc(NC(=O)C2(c3ccccc3C(C)C)CCC(N)CC2)c(OC(F)F)n1. The number of carbonyl (C=O) groups is 1. The fourth-order valence-corrected chi connectivity index (χ4v) is 4.24. The number of hydrogen-bond acceptors (Lipinski definition) is 5. The summed E-state index contributed by atoms with van der Waals surface area (Å²) in [5, 5.41) is 2.80. The molecule has 1 heterocycles. The van der Waals surface area contributed by atoms with E-state index < -0.39 is 12.0 Å². The number of ether oxygens (including phenoxy) is 2. The molecular formula is C23H29F2N3O3. The number of nitrogens with one attached hydrogen (secondary N) is 1. The molecule has 0 spiro atoms. The van der Waals surface area contributed by atoms with E-state index in [9.17, 15) is 13.6 Å². The molecule has 0 radical (unpaired) electrons. The molecule has 1 amide bonds. The Morgan fingerprint density at radius 1 is 1.19 bits per heavy atom. The van der Waals surface area contributed by atoms with Crippen molar-refractivity contribution in [3.05, 3.63) is 47.5 Å². The minimum absolute atomic E-state index is 0.0347. The van der Waals surface area contributed by atoms with Crippen molar-refractivity contribution in [2.24, 2.45) is 5.73 Å². The summed E-state index contributed by atoms with van der Waals surface area (Å²) in [4.78, 5) is 17.6. The topological polar surface area (TPSA) is 86.5 Å². The van der Waals surface area contributed by atoms with E-state index in [4.69, 9.17) is 10.5 Å². The second-order valence-corrected chi connectivity index (χ2v) is 8.20. The lowest BCUT2D eigenvalue weighted by Crippen LogP contribution is -2.46. The molecule has 1 saturated carbocycles. The van der Waals surface area contributed by atoms with Crippen molar-refractivity contribution >= 4 is 11.6 Å². The van der Waals surface area contributed by atoms with Crippen LogP contribution in [0.3, 0.4) is 0 Å². The van der Waals surface area contributed by atoms with Gasteiger partial charge in [-0.25, -0.2) is 0 Å². The predicted molar refractivity (Wildman–Crippen MR) is 115 cm³/mol. The smallest absolute Gasteiger partial charge is 0.388 e. The molecule has 1 fully saturated rings. The lowest BCUT2D eigenvalue weighted by atomic mass is 9.65. The summed E-state index contributed by atoms with van der Waals surface area (Å²) in [6.45, 7) is 1.08. The molecule has 2 aromatic rings. The number of carbonyl (C=O) groups excluding carboxylic acids is 1. The van der Waals surface area contributed by atoms with Crippen LogP contribution in [0.15, 0.2) is 36.4 Å². The second-order valence-electron chi connectivity index (χ2n) is 8.20. The molecule has 0 aliphatic heterocycles. The van der Waals surface area contributed by atoms with Gasteiger partial charge in [0, 0.05) is 12.1 Å². The fraction of sp³-hybridized carbons (Fsp3) is 0.478. The average Bonchev–Trinajstić information content (AvgIpc) is 2.75. The van der Waals surface area contributed by atoms with Crippen molar-refractivity contribution in [3.8, 4) is 11.8 Å². The Kier molecular flexibility index (Phi) is 7.10. The van der Waals surface area contributed by atoms with Crippen molar-refractivity contribution in [1.29, 1.82) is 0 Å². The summed E-state index contributed by atoms with van der Waals surface area (Å²) in [5.41, 5.74) is 7.43. The Hall–Kier alpha value is -2.74. The largest absolute Gasteiger partial charge is 0.481 e. The number of halogens is 2. The van der Waals surface area contributed by atoms with E-state index in [1.165, 1.54) is 19.2 Å². The molecular weight excluding hydrogens is 404 g/mol. The molecule has 3 rings (SSSR count). The monoisotopic (exact) mass is 433 g/mol. The molecule has 1 aliphatic carbocycles. The number of methoxy groups -OCH3 is 1. The first kappa shape index (κ1) is 22.9. The van der Waals surface area contributed by atoms with E-state index in [0.717, 1.165) is 11.1 Å². The maximum absolute atomic E-state index is 13.7. The number of anilines is 1. The third-order valence-corrected chi connectivity index (χ3v) is 5.91. The maximum Gasteiger partial charge on any atom is 0.388 e. The normalized spacial score (nSPS) is 21.2. The third-order valence-electron chi connectivity index (χ3n) is 5.91. The summed E-state index contributed by atoms with van der Waals surface area (Å²) < 4.78 is 35.4. The Morgan fingerprint density at radius 2 is 1.87 bits per heavy atom. The number of benzene rings is 1. The minimum atomic E-state index is -3.08. The number of amides is 1. The maximum atomic E-state index is 13.7. The molecule has 1 aromatic heterocycles. The Labute approximate surface area is 181 Å². The van der Waals surface area contributed by atoms with Gasteiger partial charge in [0.1, 0.15) is 5.69 Å². The zero-order valence-corrected chi connectivity index (χ0v) is 18.0. The number of rotatable bonds is 7. The van der Waals surface area contributed by atoms with Crippen molar-refractivity contribution in [2.75, 3.05) is 12.4 Å². The van der Waals surface area contributed by atoms with Crippen LogP contribution < -0.4 is 20.5 Å². The van der Waals surface area contributed by atoms with Gasteiger partial charge in [0.25, 0.3) is 0 Å². The standard InChI is InChI=1S/C23H29F2N3O3/c1-14(2)16-6-4-5-7-17(16)23(12-10-15(26)11-13-23)21(29)27-18-8-9-19(30-3)28-20(18)31-22(24)25/h4-9,14-15,22H,10-13,26H2,1-3H3,(H,27,29). The number of hydrogen-bond donors (Lipinski definition) is 2. The highest BCUT2D eigenvalue weighted by molar-refractivity contribution is 6.00. The number of nitrogens with two attached hydrogens (primary N) is 1. The highest BCUT2D eigenvalue weighted by atomic mass is 19.3. The van der Waals surface area contributed by atoms with E-state index in [2.05, 4.69) is 28.9 Å². The van der Waals surface area contributed by atoms with Crippen molar-refractivity contribution in [3.63, 3.8) is 0 Å². The van der Waals surface area contributed by atoms with Crippen LogP contribution >= 0.6 is 0 Å². The van der Waals surface area contributed by atoms with E-state index in [-0.39, 0.29) is 35.3 Å². The zero-order chi connectivity index (χ0) is 22.6. The third kappa shape index (κ3) is 4.95. The average molecular weight is 433 g/mol. The molecule has 31 heavy (non-hydrogen) atoms. The zero-order valence-electron chi connectivity index (χ0n) is 18.0. The molecule has 1 aliphatic rings. The first-order chi connectivity index (χ1) is 14.8. The molecule has 0 bridgehead atoms. The van der Waals surface area contributed by atoms with Crippen LogP contribution in [0.1, 0.15) is 56.6 Å². The summed E-state index contributed by atoms with van der Waals surface area (Å²) in [5.74, 6) is -0.338. The first-order valence-electron chi connectivity index (χ1n) is 10.4. The van der Waals surface area contributed by atoms with Crippen molar-refractivity contribution in [2.45, 2.75) is 63.5 Å². The quantitative estimate of drug-likeness (QED) is 0.667. The highest BCUT2D eigenvalue weighted by Crippen LogP contribution is 2.43. The van der Waals surface area contributed by atoms with Gasteiger partial charge in [-0.3, -0.25) is 4.79 Å². The summed E-state index contributed by atoms with van der Waals surface area (Å²) in [6.07, 6.45) is 2.53. The number of aromatic nitrogens is 1. The number of nitrogens with zero attached hydrogens (tertiary/aromatic N) is 1. The van der Waals surface area contributed by atoms with Crippen LogP contribution in [0.4, 0.5) is 14.5 Å². The molecule has 0 atom stereocenters. The molecule has 6 nitrogen and oxygen atoms in total. The Balaban J connectivity index is 2.02. The Morgan fingerprint density at radius 3 is 2.48 bits per heavy atom. The molecule has 8 heteroatoms. The number of alkyl halides is 2. The van der Waals surface area contributed by atoms with Gasteiger partial charge < -0.3 is 20.5 Å². The lowest BCUT2D eigenvalue weighted by Gasteiger charge is -2.40. The first-order valence-corrected chi connectivity index (χ1v) is 10.4. The van der Waals surface area contributed by atoms with Gasteiger partial charge in [-0.05, 0) is 48.8 Å². The van der Waals surface area contributed by atoms with E-state index in [1.54, 1.807) is 0 Å². The van der Waals surface area contributed by atoms with Gasteiger partial charge >= 0.3 is 6.61 Å². The molecule has 3 N–H and O–H groups in total. The second kappa shape index (κ2) is 9.60. The summed E-state index contributed by atoms with van der Waals surface area (Å²) in [7, 11) is 1.37. The van der Waals surface area contributed by atoms with Gasteiger partial charge in [0.15, 0.2) is 0 Å². The van der Waals surface area contributed by atoms with Crippen molar-refractivity contribution < 1.29 is 23.0 Å². The van der Waals surface area contributed by atoms with E-state index in [1.807, 2.05) is 24.3 Å². The van der Waals surface area contributed by atoms with Gasteiger partial charge in [-0.1, -0.05) is 38.1 Å². The summed E-state index contributed by atoms with van der Waals surface area (Å²) >= 11 is 0. The van der Waals surface area contributed by atoms with Crippen LogP contribution in [0.25, 0.3) is 0 Å². The molecule has 1 aromatic carbocycles. The van der Waals surface area contributed by atoms with Crippen LogP contribution in [0.2, 0.25) is 0 Å². The van der Waals surface area contributed by atoms with Crippen molar-refractivity contribution in [1.82, 2.24) is 4.98 Å². The van der Waals surface area contributed by atoms with Gasteiger partial charge in [0.05, 0.1) is 12.5 Å². The van der Waals surface area contributed by atoms with Crippen LogP contribution in [0.5, 0.6) is 11.8 Å².